The molecular weight excluding hydrogens is 218 g/mol. The predicted molar refractivity (Wildman–Crippen MR) is 62.1 cm³/mol. The molecule has 17 heavy (non-hydrogen) atoms. The molecule has 0 aliphatic carbocycles. The van der Waals surface area contributed by atoms with Crippen LogP contribution in [0.25, 0.3) is 0 Å². The Morgan fingerprint density at radius 2 is 2.00 bits per heavy atom. The van der Waals surface area contributed by atoms with Crippen LogP contribution in [0.1, 0.15) is 15.9 Å². The van der Waals surface area contributed by atoms with E-state index < -0.39 is 0 Å². The van der Waals surface area contributed by atoms with E-state index in [1.165, 1.54) is 6.07 Å². The first-order chi connectivity index (χ1) is 8.31. The maximum absolute atomic E-state index is 10.8. The van der Waals surface area contributed by atoms with Crippen molar-refractivity contribution in [1.82, 2.24) is 4.98 Å². The lowest BCUT2D eigenvalue weighted by Gasteiger charge is -2.09. The van der Waals surface area contributed by atoms with Gasteiger partial charge in [-0.2, -0.15) is 0 Å². The van der Waals surface area contributed by atoms with Gasteiger partial charge in [-0.05, 0) is 29.8 Å². The minimum atomic E-state index is -0.0766. The summed E-state index contributed by atoms with van der Waals surface area (Å²) in [6, 6.07) is 8.37. The van der Waals surface area contributed by atoms with E-state index in [0.717, 1.165) is 5.56 Å². The number of aromatic nitrogens is 1. The summed E-state index contributed by atoms with van der Waals surface area (Å²) < 4.78 is 5.48. The summed E-state index contributed by atoms with van der Waals surface area (Å²) in [7, 11) is 0. The molecule has 2 aromatic rings. The Kier molecular flexibility index (Phi) is 3.35. The van der Waals surface area contributed by atoms with Gasteiger partial charge in [-0.15, -0.1) is 0 Å². The van der Waals surface area contributed by atoms with Gasteiger partial charge in [0.2, 0.25) is 0 Å². The van der Waals surface area contributed by atoms with Gasteiger partial charge in [-0.1, -0.05) is 6.07 Å². The molecule has 1 N–H and O–H groups in total. The number of phenols is 1. The minimum absolute atomic E-state index is 0.0766. The van der Waals surface area contributed by atoms with Gasteiger partial charge in [0.05, 0.1) is 5.56 Å². The quantitative estimate of drug-likeness (QED) is 0.816. The van der Waals surface area contributed by atoms with Gasteiger partial charge < -0.3 is 9.84 Å². The molecule has 0 atom stereocenters. The fraction of sp³-hybridized carbons (Fsp3) is 0.0769. The van der Waals surface area contributed by atoms with E-state index in [-0.39, 0.29) is 11.3 Å². The van der Waals surface area contributed by atoms with Gasteiger partial charge in [0.15, 0.2) is 6.29 Å². The highest BCUT2D eigenvalue weighted by Gasteiger charge is 2.07. The Morgan fingerprint density at radius 1 is 1.24 bits per heavy atom. The molecule has 0 saturated carbocycles. The Morgan fingerprint density at radius 3 is 2.71 bits per heavy atom. The lowest BCUT2D eigenvalue weighted by atomic mass is 10.2. The number of aldehydes is 1. The molecule has 0 aliphatic rings. The number of phenolic OH excluding ortho intramolecular Hbond substituents is 1. The molecule has 0 unspecified atom stereocenters. The number of carbonyl (C=O) groups is 1. The van der Waals surface area contributed by atoms with Gasteiger partial charge >= 0.3 is 0 Å². The van der Waals surface area contributed by atoms with Crippen molar-refractivity contribution >= 4 is 6.29 Å². The van der Waals surface area contributed by atoms with Gasteiger partial charge in [-0.3, -0.25) is 9.78 Å². The third-order valence-electron chi connectivity index (χ3n) is 2.30. The first-order valence-corrected chi connectivity index (χ1v) is 5.10. The number of hydrogen-bond donors (Lipinski definition) is 1. The van der Waals surface area contributed by atoms with E-state index in [2.05, 4.69) is 4.98 Å². The second-order valence-electron chi connectivity index (χ2n) is 3.45. The predicted octanol–water partition coefficient (Wildman–Crippen LogP) is 2.18. The van der Waals surface area contributed by atoms with Crippen molar-refractivity contribution in [2.75, 3.05) is 0 Å². The SMILES string of the molecule is O=Cc1c(O)cccc1OCc1ccncc1. The molecule has 1 heterocycles. The number of rotatable bonds is 4. The number of pyridine rings is 1. The fourth-order valence-corrected chi connectivity index (χ4v) is 1.42. The molecule has 86 valence electrons. The van der Waals surface area contributed by atoms with E-state index >= 15 is 0 Å². The second kappa shape index (κ2) is 5.12. The summed E-state index contributed by atoms with van der Waals surface area (Å²) in [6.07, 6.45) is 3.92. The third kappa shape index (κ3) is 2.60. The number of carbonyl (C=O) groups excluding carboxylic acids is 1. The molecule has 4 nitrogen and oxygen atoms in total. The van der Waals surface area contributed by atoms with E-state index in [9.17, 15) is 9.90 Å². The first kappa shape index (κ1) is 11.1. The average molecular weight is 229 g/mol. The normalized spacial score (nSPS) is 9.88. The summed E-state index contributed by atoms with van der Waals surface area (Å²) in [5.41, 5.74) is 1.11. The maximum Gasteiger partial charge on any atom is 0.157 e. The first-order valence-electron chi connectivity index (χ1n) is 5.10. The molecule has 0 aliphatic heterocycles. The van der Waals surface area contributed by atoms with Crippen molar-refractivity contribution in [3.8, 4) is 11.5 Å². The van der Waals surface area contributed by atoms with E-state index in [4.69, 9.17) is 4.74 Å². The molecule has 4 heteroatoms. The van der Waals surface area contributed by atoms with Crippen LogP contribution in [-0.2, 0) is 6.61 Å². The summed E-state index contributed by atoms with van der Waals surface area (Å²) >= 11 is 0. The van der Waals surface area contributed by atoms with Crippen molar-refractivity contribution < 1.29 is 14.6 Å². The Bertz CT molecular complexity index is 511. The van der Waals surface area contributed by atoms with Crippen LogP contribution < -0.4 is 4.74 Å². The molecule has 1 aromatic carbocycles. The summed E-state index contributed by atoms with van der Waals surface area (Å²) in [6.45, 7) is 0.326. The smallest absolute Gasteiger partial charge is 0.157 e. The van der Waals surface area contributed by atoms with Crippen molar-refractivity contribution in [3.05, 3.63) is 53.9 Å². The number of hydrogen-bond acceptors (Lipinski definition) is 4. The molecule has 0 amide bonds. The average Bonchev–Trinajstić information content (AvgIpc) is 2.37. The van der Waals surface area contributed by atoms with Crippen molar-refractivity contribution in [2.24, 2.45) is 0 Å². The van der Waals surface area contributed by atoms with Crippen molar-refractivity contribution in [2.45, 2.75) is 6.61 Å². The molecular formula is C13H11NO3. The molecule has 1 aromatic heterocycles. The highest BCUT2D eigenvalue weighted by atomic mass is 16.5. The lowest BCUT2D eigenvalue weighted by Crippen LogP contribution is -1.98. The molecule has 0 fully saturated rings. The zero-order valence-corrected chi connectivity index (χ0v) is 9.04. The number of nitrogens with zero attached hydrogens (tertiary/aromatic N) is 1. The summed E-state index contributed by atoms with van der Waals surface area (Å²) in [5.74, 6) is 0.295. The van der Waals surface area contributed by atoms with E-state index in [1.807, 2.05) is 12.1 Å². The highest BCUT2D eigenvalue weighted by Crippen LogP contribution is 2.25. The van der Waals surface area contributed by atoms with Crippen LogP contribution in [0.4, 0.5) is 0 Å². The van der Waals surface area contributed by atoms with Crippen LogP contribution in [0.3, 0.4) is 0 Å². The largest absolute Gasteiger partial charge is 0.507 e. The van der Waals surface area contributed by atoms with Crippen LogP contribution in [0.2, 0.25) is 0 Å². The third-order valence-corrected chi connectivity index (χ3v) is 2.30. The van der Waals surface area contributed by atoms with Crippen LogP contribution in [0.15, 0.2) is 42.7 Å². The number of aromatic hydroxyl groups is 1. The molecule has 0 spiro atoms. The van der Waals surface area contributed by atoms with Crippen molar-refractivity contribution in [3.63, 3.8) is 0 Å². The second-order valence-corrected chi connectivity index (χ2v) is 3.45. The maximum atomic E-state index is 10.8. The lowest BCUT2D eigenvalue weighted by molar-refractivity contribution is 0.111. The zero-order chi connectivity index (χ0) is 12.1. The van der Waals surface area contributed by atoms with Crippen LogP contribution in [-0.4, -0.2) is 16.4 Å². The fourth-order valence-electron chi connectivity index (χ4n) is 1.42. The number of benzene rings is 1. The molecule has 2 rings (SSSR count). The summed E-state index contributed by atoms with van der Waals surface area (Å²) in [5, 5.41) is 9.47. The van der Waals surface area contributed by atoms with Crippen LogP contribution >= 0.6 is 0 Å². The summed E-state index contributed by atoms with van der Waals surface area (Å²) in [4.78, 5) is 14.7. The van der Waals surface area contributed by atoms with Gasteiger partial charge in [0, 0.05) is 12.4 Å². The topological polar surface area (TPSA) is 59.4 Å². The standard InChI is InChI=1S/C13H11NO3/c15-8-11-12(16)2-1-3-13(11)17-9-10-4-6-14-7-5-10/h1-8,16H,9H2. The zero-order valence-electron chi connectivity index (χ0n) is 9.04. The van der Waals surface area contributed by atoms with Gasteiger partial charge in [-0.25, -0.2) is 0 Å². The van der Waals surface area contributed by atoms with Crippen molar-refractivity contribution in [1.29, 1.82) is 0 Å². The van der Waals surface area contributed by atoms with E-state index in [0.29, 0.717) is 18.6 Å². The monoisotopic (exact) mass is 229 g/mol. The molecule has 0 bridgehead atoms. The Balaban J connectivity index is 2.14. The Hall–Kier alpha value is -2.36. The minimum Gasteiger partial charge on any atom is -0.507 e. The Labute approximate surface area is 98.5 Å². The molecule has 0 saturated heterocycles. The van der Waals surface area contributed by atoms with Crippen LogP contribution in [0.5, 0.6) is 11.5 Å². The molecule has 0 radical (unpaired) electrons. The van der Waals surface area contributed by atoms with Gasteiger partial charge in [0.1, 0.15) is 18.1 Å². The number of ether oxygens (including phenoxy) is 1. The van der Waals surface area contributed by atoms with E-state index in [1.54, 1.807) is 24.5 Å². The van der Waals surface area contributed by atoms with Crippen LogP contribution in [0, 0.1) is 0 Å². The van der Waals surface area contributed by atoms with Gasteiger partial charge in [0.25, 0.3) is 0 Å². The highest BCUT2D eigenvalue weighted by molar-refractivity contribution is 5.83.